The van der Waals surface area contributed by atoms with Crippen LogP contribution in [0.1, 0.15) is 0 Å². The van der Waals surface area contributed by atoms with Crippen LogP contribution in [0, 0.1) is 0 Å². The molecule has 6 heteroatoms. The number of furan rings is 1. The molecule has 15 aromatic rings. The number of rotatable bonds is 4. The second-order valence-electron chi connectivity index (χ2n) is 17.4. The zero-order valence-corrected chi connectivity index (χ0v) is 36.6. The number of nitrogens with zero attached hydrogens (tertiary/aromatic N) is 4. The minimum atomic E-state index is 0.545. The molecule has 0 amide bonds. The van der Waals surface area contributed by atoms with Gasteiger partial charge in [-0.15, -0.1) is 11.3 Å². The van der Waals surface area contributed by atoms with Gasteiger partial charge in [-0.2, -0.15) is 0 Å². The van der Waals surface area contributed by atoms with Crippen LogP contribution in [0.5, 0.6) is 0 Å². The van der Waals surface area contributed by atoms with Gasteiger partial charge in [0.2, 0.25) is 0 Å². The van der Waals surface area contributed by atoms with Gasteiger partial charge in [0, 0.05) is 52.8 Å². The Morgan fingerprint density at radius 2 is 0.940 bits per heavy atom. The molecular formula is C61H34N4OS. The van der Waals surface area contributed by atoms with Gasteiger partial charge in [-0.25, -0.2) is 15.0 Å². The summed E-state index contributed by atoms with van der Waals surface area (Å²) in [4.78, 5) is 16.5. The molecule has 4 aromatic heterocycles. The molecule has 310 valence electrons. The van der Waals surface area contributed by atoms with Crippen LogP contribution in [0.3, 0.4) is 0 Å². The van der Waals surface area contributed by atoms with Crippen molar-refractivity contribution in [2.75, 3.05) is 0 Å². The van der Waals surface area contributed by atoms with E-state index in [0.717, 1.165) is 71.5 Å². The fourth-order valence-corrected chi connectivity index (χ4v) is 12.0. The number of hydrogen-bond acceptors (Lipinski definition) is 5. The Bertz CT molecular complexity index is 4590. The predicted molar refractivity (Wildman–Crippen MR) is 281 cm³/mol. The van der Waals surface area contributed by atoms with Crippen LogP contribution in [0.15, 0.2) is 211 Å². The van der Waals surface area contributed by atoms with Crippen molar-refractivity contribution < 1.29 is 4.42 Å². The molecule has 0 N–H and O–H groups in total. The maximum absolute atomic E-state index is 6.68. The molecule has 0 aliphatic rings. The molecule has 67 heavy (non-hydrogen) atoms. The van der Waals surface area contributed by atoms with Crippen LogP contribution in [-0.4, -0.2) is 19.5 Å². The lowest BCUT2D eigenvalue weighted by atomic mass is 10.0. The lowest BCUT2D eigenvalue weighted by Crippen LogP contribution is -2.04. The van der Waals surface area contributed by atoms with Gasteiger partial charge < -0.3 is 8.98 Å². The highest BCUT2D eigenvalue weighted by atomic mass is 32.1. The number of fused-ring (bicyclic) bond motifs is 15. The van der Waals surface area contributed by atoms with Crippen molar-refractivity contribution in [3.8, 4) is 39.9 Å². The summed E-state index contributed by atoms with van der Waals surface area (Å²) in [6.45, 7) is 0. The molecule has 0 atom stereocenters. The van der Waals surface area contributed by atoms with Crippen molar-refractivity contribution in [1.29, 1.82) is 0 Å². The predicted octanol–water partition coefficient (Wildman–Crippen LogP) is 16.8. The van der Waals surface area contributed by atoms with Crippen LogP contribution >= 0.6 is 11.3 Å². The van der Waals surface area contributed by atoms with Gasteiger partial charge in [-0.05, 0) is 85.6 Å². The Hall–Kier alpha value is -8.71. The topological polar surface area (TPSA) is 56.7 Å². The number of thiophene rings is 1. The fraction of sp³-hybridized carbons (Fsp3) is 0. The van der Waals surface area contributed by atoms with Gasteiger partial charge in [0.25, 0.3) is 0 Å². The van der Waals surface area contributed by atoms with E-state index in [2.05, 4.69) is 199 Å². The number of para-hydroxylation sites is 2. The minimum Gasteiger partial charge on any atom is -0.455 e. The van der Waals surface area contributed by atoms with Crippen molar-refractivity contribution in [2.24, 2.45) is 0 Å². The highest BCUT2D eigenvalue weighted by Crippen LogP contribution is 2.48. The molecule has 0 radical (unpaired) electrons. The quantitative estimate of drug-likeness (QED) is 0.177. The Morgan fingerprint density at radius 3 is 1.76 bits per heavy atom. The Balaban J connectivity index is 1.13. The first-order valence-electron chi connectivity index (χ1n) is 22.6. The average molecular weight is 871 g/mol. The van der Waals surface area contributed by atoms with Crippen molar-refractivity contribution in [3.63, 3.8) is 0 Å². The van der Waals surface area contributed by atoms with Gasteiger partial charge in [0.05, 0.1) is 22.3 Å². The van der Waals surface area contributed by atoms with Gasteiger partial charge in [-0.1, -0.05) is 164 Å². The summed E-state index contributed by atoms with van der Waals surface area (Å²) in [6, 6.07) is 73.8. The standard InChI is InChI=1S/C61H34N4OS/c1-2-17-39-34-51-49(33-38(39)16-1)54-41-20-7-4-14-36(41)28-31-50(54)65(51)56-47(30-32-53-55(56)46-29-27-37-15-5-8-21-42(37)58(46)67-53)60-62-59(45-24-11-18-35-13-3-6-19-40(35)45)63-61(64-60)48-25-12-23-44-43-22-9-10-26-52(43)66-57(44)48/h1-34H. The molecule has 0 spiro atoms. The Kier molecular flexibility index (Phi) is 7.59. The smallest absolute Gasteiger partial charge is 0.167 e. The van der Waals surface area contributed by atoms with E-state index in [1.54, 1.807) is 0 Å². The SMILES string of the molecule is c1ccc2cc3c(cc2c1)c1c2ccccc2ccc1n3-c1c(-c2nc(-c3cccc4ccccc34)nc(-c3cccc4c3oc3ccccc34)n2)ccc2sc3c4ccccc4ccc3c12. The molecule has 4 heterocycles. The largest absolute Gasteiger partial charge is 0.455 e. The first-order chi connectivity index (χ1) is 33.2. The molecule has 0 aliphatic heterocycles. The van der Waals surface area contributed by atoms with Gasteiger partial charge in [0.1, 0.15) is 11.2 Å². The molecule has 0 saturated carbocycles. The van der Waals surface area contributed by atoms with Crippen LogP contribution in [-0.2, 0) is 0 Å². The molecule has 11 aromatic carbocycles. The number of aromatic nitrogens is 4. The lowest BCUT2D eigenvalue weighted by molar-refractivity contribution is 0.669. The molecule has 5 nitrogen and oxygen atoms in total. The summed E-state index contributed by atoms with van der Waals surface area (Å²) in [7, 11) is 0. The molecule has 0 saturated heterocycles. The lowest BCUT2D eigenvalue weighted by Gasteiger charge is -2.17. The van der Waals surface area contributed by atoms with Crippen molar-refractivity contribution in [1.82, 2.24) is 19.5 Å². The van der Waals surface area contributed by atoms with E-state index in [1.807, 2.05) is 23.5 Å². The van der Waals surface area contributed by atoms with E-state index in [-0.39, 0.29) is 0 Å². The van der Waals surface area contributed by atoms with Crippen molar-refractivity contribution in [2.45, 2.75) is 0 Å². The van der Waals surface area contributed by atoms with Crippen molar-refractivity contribution >= 4 is 118 Å². The summed E-state index contributed by atoms with van der Waals surface area (Å²) in [5.74, 6) is 1.72. The molecule has 0 bridgehead atoms. The third kappa shape index (κ3) is 5.33. The maximum Gasteiger partial charge on any atom is 0.167 e. The summed E-state index contributed by atoms with van der Waals surface area (Å²) in [6.07, 6.45) is 0. The van der Waals surface area contributed by atoms with E-state index >= 15 is 0 Å². The van der Waals surface area contributed by atoms with E-state index in [1.165, 1.54) is 57.9 Å². The van der Waals surface area contributed by atoms with Crippen molar-refractivity contribution in [3.05, 3.63) is 206 Å². The molecule has 0 unspecified atom stereocenters. The van der Waals surface area contributed by atoms with E-state index in [9.17, 15) is 0 Å². The van der Waals surface area contributed by atoms with Crippen LogP contribution in [0.2, 0.25) is 0 Å². The number of hydrogen-bond donors (Lipinski definition) is 0. The maximum atomic E-state index is 6.68. The average Bonchev–Trinajstić information content (AvgIpc) is 4.07. The van der Waals surface area contributed by atoms with Crippen LogP contribution < -0.4 is 0 Å². The normalized spacial score (nSPS) is 12.2. The summed E-state index contributed by atoms with van der Waals surface area (Å²) >= 11 is 1.85. The van der Waals surface area contributed by atoms with Crippen LogP contribution in [0.25, 0.3) is 147 Å². The third-order valence-electron chi connectivity index (χ3n) is 13.8. The van der Waals surface area contributed by atoms with E-state index in [0.29, 0.717) is 17.5 Å². The molecule has 0 fully saturated rings. The first-order valence-corrected chi connectivity index (χ1v) is 23.4. The zero-order chi connectivity index (χ0) is 43.7. The first kappa shape index (κ1) is 36.6. The summed E-state index contributed by atoms with van der Waals surface area (Å²) in [5.41, 5.74) is 7.49. The molecule has 15 rings (SSSR count). The summed E-state index contributed by atoms with van der Waals surface area (Å²) < 4.78 is 11.6. The highest BCUT2D eigenvalue weighted by Gasteiger charge is 2.26. The monoisotopic (exact) mass is 870 g/mol. The Labute approximate surface area is 386 Å². The summed E-state index contributed by atoms with van der Waals surface area (Å²) in [5, 5.41) is 16.3. The van der Waals surface area contributed by atoms with Gasteiger partial charge >= 0.3 is 0 Å². The molecule has 0 aliphatic carbocycles. The Morgan fingerprint density at radius 1 is 0.358 bits per heavy atom. The number of benzene rings is 11. The van der Waals surface area contributed by atoms with E-state index in [4.69, 9.17) is 19.4 Å². The second kappa shape index (κ2) is 13.9. The molecular weight excluding hydrogens is 837 g/mol. The second-order valence-corrected chi connectivity index (χ2v) is 18.5. The van der Waals surface area contributed by atoms with Gasteiger partial charge in [-0.3, -0.25) is 0 Å². The van der Waals surface area contributed by atoms with Crippen LogP contribution in [0.4, 0.5) is 0 Å². The van der Waals surface area contributed by atoms with E-state index < -0.39 is 0 Å². The highest BCUT2D eigenvalue weighted by molar-refractivity contribution is 7.26. The fourth-order valence-electron chi connectivity index (χ4n) is 10.8. The zero-order valence-electron chi connectivity index (χ0n) is 35.7. The van der Waals surface area contributed by atoms with Gasteiger partial charge in [0.15, 0.2) is 17.5 Å². The minimum absolute atomic E-state index is 0.545. The third-order valence-corrected chi connectivity index (χ3v) is 15.0.